The minimum absolute atomic E-state index is 0.117. The Hall–Kier alpha value is -2.21. The van der Waals surface area contributed by atoms with Gasteiger partial charge in [0.05, 0.1) is 6.54 Å². The lowest BCUT2D eigenvalue weighted by atomic mass is 10.2. The third kappa shape index (κ3) is 2.85. The van der Waals surface area contributed by atoms with Gasteiger partial charge in [0.2, 0.25) is 5.91 Å². The summed E-state index contributed by atoms with van der Waals surface area (Å²) in [6.45, 7) is 0.896. The Balaban J connectivity index is 1.59. The normalized spacial score (nSPS) is 18.1. The van der Waals surface area contributed by atoms with Gasteiger partial charge in [-0.15, -0.1) is 0 Å². The quantitative estimate of drug-likeness (QED) is 0.914. The van der Waals surface area contributed by atoms with Gasteiger partial charge in [0.1, 0.15) is 6.10 Å². The van der Waals surface area contributed by atoms with Crippen molar-refractivity contribution in [2.75, 3.05) is 6.61 Å². The largest absolute Gasteiger partial charge is 0.368 e. The molecule has 2 aromatic rings. The van der Waals surface area contributed by atoms with Crippen LogP contribution in [0.15, 0.2) is 34.9 Å². The maximum absolute atomic E-state index is 11.8. The maximum Gasteiger partial charge on any atom is 0.257 e. The number of carbonyl (C=O) groups is 1. The Labute approximate surface area is 116 Å². The van der Waals surface area contributed by atoms with Gasteiger partial charge in [-0.1, -0.05) is 23.4 Å². The Kier molecular flexibility index (Phi) is 3.73. The molecule has 1 atom stereocenters. The van der Waals surface area contributed by atoms with E-state index in [0.717, 1.165) is 18.4 Å². The lowest BCUT2D eigenvalue weighted by Gasteiger charge is -2.08. The Morgan fingerprint density at radius 2 is 2.20 bits per heavy atom. The first-order chi connectivity index (χ1) is 9.83. The van der Waals surface area contributed by atoms with Crippen LogP contribution in [-0.2, 0) is 16.1 Å². The highest BCUT2D eigenvalue weighted by Crippen LogP contribution is 2.16. The van der Waals surface area contributed by atoms with Crippen molar-refractivity contribution in [1.29, 1.82) is 0 Å². The molecular formula is C14H15N3O3. The van der Waals surface area contributed by atoms with Gasteiger partial charge in [-0.2, -0.15) is 4.98 Å². The molecule has 2 heterocycles. The van der Waals surface area contributed by atoms with Crippen molar-refractivity contribution in [3.63, 3.8) is 0 Å². The Bertz CT molecular complexity index is 576. The van der Waals surface area contributed by atoms with Gasteiger partial charge in [-0.3, -0.25) is 4.79 Å². The van der Waals surface area contributed by atoms with Gasteiger partial charge in [-0.25, -0.2) is 0 Å². The molecule has 1 aliphatic rings. The molecule has 1 amide bonds. The Morgan fingerprint density at radius 3 is 2.95 bits per heavy atom. The summed E-state index contributed by atoms with van der Waals surface area (Å²) in [7, 11) is 0. The fourth-order valence-electron chi connectivity index (χ4n) is 2.09. The minimum Gasteiger partial charge on any atom is -0.368 e. The van der Waals surface area contributed by atoms with Crippen molar-refractivity contribution >= 4 is 5.91 Å². The molecule has 6 nitrogen and oxygen atoms in total. The van der Waals surface area contributed by atoms with Crippen LogP contribution >= 0.6 is 0 Å². The predicted octanol–water partition coefficient (Wildman–Crippen LogP) is 1.53. The van der Waals surface area contributed by atoms with Gasteiger partial charge >= 0.3 is 0 Å². The topological polar surface area (TPSA) is 77.3 Å². The zero-order chi connectivity index (χ0) is 13.8. The third-order valence-corrected chi connectivity index (χ3v) is 3.13. The summed E-state index contributed by atoms with van der Waals surface area (Å²) in [6, 6.07) is 9.50. The smallest absolute Gasteiger partial charge is 0.257 e. The summed E-state index contributed by atoms with van der Waals surface area (Å²) in [5.41, 5.74) is 0.858. The molecule has 0 radical (unpaired) electrons. The van der Waals surface area contributed by atoms with E-state index in [2.05, 4.69) is 15.5 Å². The van der Waals surface area contributed by atoms with Gasteiger partial charge in [0, 0.05) is 12.2 Å². The molecular weight excluding hydrogens is 258 g/mol. The number of amides is 1. The Morgan fingerprint density at radius 1 is 1.35 bits per heavy atom. The second-order valence-corrected chi connectivity index (χ2v) is 4.60. The molecule has 1 aromatic heterocycles. The van der Waals surface area contributed by atoms with Gasteiger partial charge in [0.15, 0.2) is 5.82 Å². The summed E-state index contributed by atoms with van der Waals surface area (Å²) < 4.78 is 10.5. The van der Waals surface area contributed by atoms with Crippen molar-refractivity contribution in [3.8, 4) is 11.5 Å². The standard InChI is InChI=1S/C14H15N3O3/c18-13(11-7-4-8-19-11)15-9-12-16-14(20-17-12)10-5-2-1-3-6-10/h1-3,5-6,11H,4,7-9H2,(H,15,18)/t11-/m0/s1. The third-order valence-electron chi connectivity index (χ3n) is 3.13. The van der Waals surface area contributed by atoms with E-state index in [9.17, 15) is 4.79 Å². The van der Waals surface area contributed by atoms with Gasteiger partial charge in [0.25, 0.3) is 5.89 Å². The number of aromatic nitrogens is 2. The van der Waals surface area contributed by atoms with Gasteiger partial charge in [-0.05, 0) is 25.0 Å². The van der Waals surface area contributed by atoms with E-state index >= 15 is 0 Å². The maximum atomic E-state index is 11.8. The zero-order valence-electron chi connectivity index (χ0n) is 10.9. The first-order valence-electron chi connectivity index (χ1n) is 6.60. The number of ether oxygens (including phenoxy) is 1. The minimum atomic E-state index is -0.338. The van der Waals surface area contributed by atoms with Gasteiger partial charge < -0.3 is 14.6 Å². The molecule has 1 saturated heterocycles. The molecule has 1 N–H and O–H groups in total. The summed E-state index contributed by atoms with van der Waals surface area (Å²) in [4.78, 5) is 16.0. The number of carbonyl (C=O) groups excluding carboxylic acids is 1. The number of nitrogens with one attached hydrogen (secondary N) is 1. The fourth-order valence-corrected chi connectivity index (χ4v) is 2.09. The van der Waals surface area contributed by atoms with Crippen molar-refractivity contribution in [2.45, 2.75) is 25.5 Å². The lowest BCUT2D eigenvalue weighted by Crippen LogP contribution is -2.33. The van der Waals surface area contributed by atoms with E-state index in [1.807, 2.05) is 30.3 Å². The van der Waals surface area contributed by atoms with E-state index in [0.29, 0.717) is 18.3 Å². The summed E-state index contributed by atoms with van der Waals surface area (Å²) in [6.07, 6.45) is 1.36. The van der Waals surface area contributed by atoms with Crippen LogP contribution in [0, 0.1) is 0 Å². The highest BCUT2D eigenvalue weighted by molar-refractivity contribution is 5.80. The zero-order valence-corrected chi connectivity index (χ0v) is 10.9. The van der Waals surface area contributed by atoms with Crippen LogP contribution < -0.4 is 5.32 Å². The first-order valence-corrected chi connectivity index (χ1v) is 6.60. The SMILES string of the molecule is O=C(NCc1noc(-c2ccccc2)n1)[C@@H]1CCCO1. The summed E-state index contributed by atoms with van der Waals surface area (Å²) in [5, 5.41) is 6.61. The van der Waals surface area contributed by atoms with Crippen molar-refractivity contribution < 1.29 is 14.1 Å². The van der Waals surface area contributed by atoms with E-state index in [1.54, 1.807) is 0 Å². The predicted molar refractivity (Wildman–Crippen MR) is 70.6 cm³/mol. The summed E-state index contributed by atoms with van der Waals surface area (Å²) >= 11 is 0. The highest BCUT2D eigenvalue weighted by Gasteiger charge is 2.23. The van der Waals surface area contributed by atoms with Crippen LogP contribution in [0.4, 0.5) is 0 Å². The molecule has 0 bridgehead atoms. The monoisotopic (exact) mass is 273 g/mol. The molecule has 1 aliphatic heterocycles. The molecule has 1 aromatic carbocycles. The molecule has 3 rings (SSSR count). The second-order valence-electron chi connectivity index (χ2n) is 4.60. The number of rotatable bonds is 4. The fraction of sp³-hybridized carbons (Fsp3) is 0.357. The lowest BCUT2D eigenvalue weighted by molar-refractivity contribution is -0.130. The first kappa shape index (κ1) is 12.8. The van der Waals surface area contributed by atoms with E-state index in [4.69, 9.17) is 9.26 Å². The van der Waals surface area contributed by atoms with Crippen LogP contribution in [-0.4, -0.2) is 28.8 Å². The molecule has 104 valence electrons. The average Bonchev–Trinajstić information content (AvgIpc) is 3.17. The molecule has 0 spiro atoms. The van der Waals surface area contributed by atoms with E-state index in [-0.39, 0.29) is 18.6 Å². The summed E-state index contributed by atoms with van der Waals surface area (Å²) in [5.74, 6) is 0.788. The number of hydrogen-bond acceptors (Lipinski definition) is 5. The van der Waals surface area contributed by atoms with Crippen molar-refractivity contribution in [1.82, 2.24) is 15.5 Å². The van der Waals surface area contributed by atoms with Crippen molar-refractivity contribution in [3.05, 3.63) is 36.2 Å². The number of hydrogen-bond donors (Lipinski definition) is 1. The molecule has 0 unspecified atom stereocenters. The molecule has 0 saturated carbocycles. The molecule has 1 fully saturated rings. The molecule has 6 heteroatoms. The average molecular weight is 273 g/mol. The molecule has 0 aliphatic carbocycles. The number of benzene rings is 1. The van der Waals surface area contributed by atoms with Crippen LogP contribution in [0.5, 0.6) is 0 Å². The van der Waals surface area contributed by atoms with E-state index < -0.39 is 0 Å². The van der Waals surface area contributed by atoms with E-state index in [1.165, 1.54) is 0 Å². The van der Waals surface area contributed by atoms with Crippen LogP contribution in [0.3, 0.4) is 0 Å². The van der Waals surface area contributed by atoms with Crippen LogP contribution in [0.1, 0.15) is 18.7 Å². The highest BCUT2D eigenvalue weighted by atomic mass is 16.5. The number of nitrogens with zero attached hydrogens (tertiary/aromatic N) is 2. The van der Waals surface area contributed by atoms with Crippen LogP contribution in [0.25, 0.3) is 11.5 Å². The van der Waals surface area contributed by atoms with Crippen LogP contribution in [0.2, 0.25) is 0 Å². The molecule has 20 heavy (non-hydrogen) atoms. The van der Waals surface area contributed by atoms with Crippen molar-refractivity contribution in [2.24, 2.45) is 0 Å². The second kappa shape index (κ2) is 5.83.